The van der Waals surface area contributed by atoms with Crippen molar-refractivity contribution in [3.8, 4) is 67.5 Å². The molecule has 0 saturated heterocycles. The van der Waals surface area contributed by atoms with Crippen LogP contribution in [0.3, 0.4) is 0 Å². The fourth-order valence-electron chi connectivity index (χ4n) is 13.8. The molecule has 0 aliphatic heterocycles. The third kappa shape index (κ3) is 19.9. The van der Waals surface area contributed by atoms with Crippen LogP contribution in [0.15, 0.2) is 193 Å². The molecular formula is C88H90N18O17. The highest BCUT2D eigenvalue weighted by Gasteiger charge is 2.37. The summed E-state index contributed by atoms with van der Waals surface area (Å²) in [6, 6.07) is 47.5. The number of hydrogen-bond acceptors (Lipinski definition) is 29. The van der Waals surface area contributed by atoms with E-state index < -0.39 is 46.6 Å². The zero-order chi connectivity index (χ0) is 87.2. The number of tetrazole rings is 3. The molecule has 0 bridgehead atoms. The SMILES string of the molecule is C=C(C)c1nc(CCC)n(Cc2ccc(-c3ccccc3-c3nn[nH]n3)cc2)c1C(=O)OCc1oc(=O)oc1C.CCCc1nc(C(C)(C)O)c(C(=O)OCc2oc(=O)oc2C)n1Cc1ccc(-c2ccccc2-c2nn[nH]n2)cc1.CCCc1nc(C(C)(C)OC)c(C(=O)OCc2oc(=O)oc2C)n1Cc1ccc(-c2ccccc2-c2nn[nH]n2)cc1. The van der Waals surface area contributed by atoms with Crippen LogP contribution in [0.4, 0.5) is 0 Å². The Balaban J connectivity index is 0.000000159. The molecule has 9 heterocycles. The summed E-state index contributed by atoms with van der Waals surface area (Å²) in [5.41, 5.74) is 11.4. The Morgan fingerprint density at radius 1 is 0.431 bits per heavy atom. The fourth-order valence-corrected chi connectivity index (χ4v) is 13.8. The van der Waals surface area contributed by atoms with E-state index >= 15 is 0 Å². The summed E-state index contributed by atoms with van der Waals surface area (Å²) in [5, 5.41) is 54.2. The summed E-state index contributed by atoms with van der Waals surface area (Å²) in [7, 11) is 1.57. The van der Waals surface area contributed by atoms with Crippen LogP contribution in [0.2, 0.25) is 0 Å². The Hall–Kier alpha value is -14.7. The van der Waals surface area contributed by atoms with Gasteiger partial charge in [-0.05, 0) is 146 Å². The van der Waals surface area contributed by atoms with Crippen molar-refractivity contribution in [2.24, 2.45) is 0 Å². The van der Waals surface area contributed by atoms with E-state index in [1.54, 1.807) is 53.2 Å². The van der Waals surface area contributed by atoms with Crippen molar-refractivity contribution in [1.82, 2.24) is 90.5 Å². The zero-order valence-corrected chi connectivity index (χ0v) is 69.7. The summed E-state index contributed by atoms with van der Waals surface area (Å²) in [4.78, 5) is 89.0. The van der Waals surface area contributed by atoms with Gasteiger partial charge in [-0.3, -0.25) is 0 Å². The van der Waals surface area contributed by atoms with Gasteiger partial charge in [0.05, 0.1) is 5.69 Å². The maximum atomic E-state index is 13.6. The Morgan fingerprint density at radius 3 is 1.02 bits per heavy atom. The van der Waals surface area contributed by atoms with Crippen molar-refractivity contribution < 1.29 is 64.9 Å². The minimum Gasteiger partial charge on any atom is -0.453 e. The number of imidazole rings is 3. The first kappa shape index (κ1) is 86.1. The Labute approximate surface area is 702 Å². The number of aromatic amines is 3. The van der Waals surface area contributed by atoms with E-state index in [9.17, 15) is 33.9 Å². The van der Waals surface area contributed by atoms with Crippen LogP contribution in [0.1, 0.15) is 192 Å². The minimum absolute atomic E-state index is 0.115. The lowest BCUT2D eigenvalue weighted by molar-refractivity contribution is 0.0124. The molecule has 35 nitrogen and oxygen atoms in total. The molecule has 35 heteroatoms. The van der Waals surface area contributed by atoms with Gasteiger partial charge in [-0.15, -0.1) is 30.6 Å². The monoisotopic (exact) mass is 1670 g/mol. The second-order valence-electron chi connectivity index (χ2n) is 29.7. The molecule has 15 rings (SSSR count). The van der Waals surface area contributed by atoms with E-state index in [4.69, 9.17) is 55.4 Å². The van der Waals surface area contributed by atoms with E-state index in [1.165, 1.54) is 0 Å². The van der Waals surface area contributed by atoms with E-state index in [0.717, 1.165) is 97.7 Å². The fraction of sp³-hybridized carbons (Fsp3) is 0.295. The molecule has 9 aromatic heterocycles. The molecule has 0 unspecified atom stereocenters. The normalized spacial score (nSPS) is 11.5. The number of H-pyrrole nitrogens is 3. The van der Waals surface area contributed by atoms with Crippen molar-refractivity contribution >= 4 is 23.5 Å². The van der Waals surface area contributed by atoms with Crippen molar-refractivity contribution in [2.75, 3.05) is 7.11 Å². The van der Waals surface area contributed by atoms with Gasteiger partial charge in [-0.25, -0.2) is 43.7 Å². The number of aromatic nitrogens is 18. The van der Waals surface area contributed by atoms with Crippen molar-refractivity contribution in [3.05, 3.63) is 287 Å². The minimum atomic E-state index is -1.41. The van der Waals surface area contributed by atoms with Gasteiger partial charge in [0, 0.05) is 62.7 Å². The number of carbonyl (C=O) groups excluding carboxylic acids is 3. The summed E-state index contributed by atoms with van der Waals surface area (Å²) in [6.45, 7) is 23.8. The highest BCUT2D eigenvalue weighted by atomic mass is 16.6. The number of nitrogens with zero attached hydrogens (tertiary/aromatic N) is 15. The molecule has 4 N–H and O–H groups in total. The lowest BCUT2D eigenvalue weighted by Crippen LogP contribution is -2.25. The molecule has 634 valence electrons. The third-order valence-electron chi connectivity index (χ3n) is 20.1. The number of ether oxygens (including phenoxy) is 4. The molecule has 0 amide bonds. The lowest BCUT2D eigenvalue weighted by Gasteiger charge is -2.22. The third-order valence-corrected chi connectivity index (χ3v) is 20.1. The Kier molecular flexibility index (Phi) is 26.7. The smallest absolute Gasteiger partial charge is 0.453 e. The van der Waals surface area contributed by atoms with E-state index in [0.29, 0.717) is 84.8 Å². The van der Waals surface area contributed by atoms with Gasteiger partial charge in [-0.1, -0.05) is 173 Å². The maximum Gasteiger partial charge on any atom is 0.519 e. The average molecular weight is 1670 g/mol. The molecular weight excluding hydrogens is 1580 g/mol. The summed E-state index contributed by atoms with van der Waals surface area (Å²) in [5.74, 6) is 0.368. The highest BCUT2D eigenvalue weighted by molar-refractivity contribution is 5.93. The van der Waals surface area contributed by atoms with Gasteiger partial charge >= 0.3 is 35.4 Å². The number of carbonyl (C=O) groups is 3. The number of esters is 3. The van der Waals surface area contributed by atoms with Crippen LogP contribution in [-0.2, 0) is 88.9 Å². The first-order valence-electron chi connectivity index (χ1n) is 39.5. The quantitative estimate of drug-likeness (QED) is 0.0231. The van der Waals surface area contributed by atoms with Crippen molar-refractivity contribution in [3.63, 3.8) is 0 Å². The largest absolute Gasteiger partial charge is 0.519 e. The molecule has 0 spiro atoms. The molecule has 15 aromatic rings. The number of hydrogen-bond donors (Lipinski definition) is 4. The van der Waals surface area contributed by atoms with Gasteiger partial charge in [0.1, 0.15) is 40.1 Å². The Bertz CT molecular complexity index is 6370. The number of methoxy groups -OCH3 is 1. The number of aliphatic hydroxyl groups is 1. The molecule has 0 radical (unpaired) electrons. The topological polar surface area (TPSA) is 455 Å². The predicted molar refractivity (Wildman–Crippen MR) is 444 cm³/mol. The van der Waals surface area contributed by atoms with Crippen LogP contribution in [-0.4, -0.2) is 121 Å². The number of aryl methyl sites for hydroxylation is 6. The molecule has 0 atom stereocenters. The standard InChI is InChI=1S/C30H32N6O6.C29H30N6O6.C29H28N6O5/c1-6-9-24-31-26(30(3,4)39-5)25(28(37)40-17-23-18(2)41-29(38)42-23)36(24)16-19-12-14-20(15-13-19)21-10-7-8-11-22(21)27-32-34-35-33-27;1-5-8-23-30-25(29(3,4)38)24(27(36)39-16-22-17(2)40-28(37)41-22)35(23)15-18-11-13-19(14-12-18)20-9-6-7-10-21(20)26-31-33-34-32-26;1-5-8-24-30-25(17(2)3)26(28(36)38-16-23-18(4)39-29(37)40-23)35(24)15-19-11-13-20(14-12-19)21-9-6-7-10-22(21)27-31-33-34-32-27/h7-8,10-15H,6,9,16-17H2,1-5H3,(H,32,33,34,35);6-7,9-14,38H,5,8,15-16H2,1-4H3,(H,31,32,33,34);6-7,9-14H,2,5,8,15-16H2,1,3-4H3,(H,31,32,33,34). The molecule has 6 aromatic carbocycles. The first-order valence-corrected chi connectivity index (χ1v) is 39.5. The van der Waals surface area contributed by atoms with Gasteiger partial charge in [0.2, 0.25) is 17.5 Å². The summed E-state index contributed by atoms with van der Waals surface area (Å²) in [6.07, 6.45) is 4.34. The molecule has 123 heavy (non-hydrogen) atoms. The van der Waals surface area contributed by atoms with Crippen molar-refractivity contribution in [1.29, 1.82) is 0 Å². The first-order chi connectivity index (χ1) is 59.2. The summed E-state index contributed by atoms with van der Waals surface area (Å²) < 4.78 is 57.5. The Morgan fingerprint density at radius 2 is 0.732 bits per heavy atom. The van der Waals surface area contributed by atoms with Crippen LogP contribution >= 0.6 is 0 Å². The number of benzene rings is 6. The van der Waals surface area contributed by atoms with Crippen LogP contribution in [0.5, 0.6) is 0 Å². The lowest BCUT2D eigenvalue weighted by atomic mass is 9.98. The van der Waals surface area contributed by atoms with Gasteiger partial charge in [0.25, 0.3) is 0 Å². The number of nitrogens with one attached hydrogen (secondary N) is 3. The van der Waals surface area contributed by atoms with E-state index in [1.807, 2.05) is 175 Å². The second-order valence-corrected chi connectivity index (χ2v) is 29.7. The van der Waals surface area contributed by atoms with Gasteiger partial charge in [0.15, 0.2) is 71.5 Å². The van der Waals surface area contributed by atoms with Crippen LogP contribution < -0.4 is 17.5 Å². The molecule has 0 aliphatic carbocycles. The summed E-state index contributed by atoms with van der Waals surface area (Å²) >= 11 is 0. The highest BCUT2D eigenvalue weighted by Crippen LogP contribution is 2.37. The van der Waals surface area contributed by atoms with Crippen LogP contribution in [0, 0.1) is 20.8 Å². The maximum absolute atomic E-state index is 13.6. The number of rotatable bonds is 31. The van der Waals surface area contributed by atoms with Gasteiger partial charge in [-0.2, -0.15) is 15.6 Å². The van der Waals surface area contributed by atoms with E-state index in [2.05, 4.69) is 87.3 Å². The zero-order valence-electron chi connectivity index (χ0n) is 69.7. The second kappa shape index (κ2) is 38.1. The van der Waals surface area contributed by atoms with E-state index in [-0.39, 0.29) is 71.5 Å². The average Bonchev–Trinajstić information content (AvgIpc) is 1.62. The molecule has 0 saturated carbocycles. The number of allylic oxidation sites excluding steroid dienone is 1. The van der Waals surface area contributed by atoms with Gasteiger partial charge < -0.3 is 64.3 Å². The van der Waals surface area contributed by atoms with Crippen molar-refractivity contribution in [2.45, 2.75) is 165 Å². The molecule has 0 fully saturated rings. The predicted octanol–water partition coefficient (Wildman–Crippen LogP) is 14.0. The van der Waals surface area contributed by atoms with Crippen LogP contribution in [0.25, 0.3) is 73.1 Å². The molecule has 0 aliphatic rings.